The van der Waals surface area contributed by atoms with E-state index in [4.69, 9.17) is 4.55 Å². The van der Waals surface area contributed by atoms with Crippen LogP contribution in [0.1, 0.15) is 19.3 Å². The Labute approximate surface area is 91.3 Å². The highest BCUT2D eigenvalue weighted by Gasteiger charge is 2.44. The standard InChI is InChI=1S/C6H11F3O5S2/c7-6(8,9)15(10,11)4-2-1-3-5-16(12,13)14/h1-5H2,(H,12,13,14). The monoisotopic (exact) mass is 284 g/mol. The quantitative estimate of drug-likeness (QED) is 0.580. The molecule has 0 aliphatic heterocycles. The van der Waals surface area contributed by atoms with Crippen LogP contribution in [-0.4, -0.2) is 38.4 Å². The molecule has 0 spiro atoms. The molecule has 0 aromatic carbocycles. The van der Waals surface area contributed by atoms with Gasteiger partial charge in [0, 0.05) is 0 Å². The van der Waals surface area contributed by atoms with Crippen molar-refractivity contribution in [1.82, 2.24) is 0 Å². The van der Waals surface area contributed by atoms with Crippen molar-refractivity contribution in [3.8, 4) is 0 Å². The van der Waals surface area contributed by atoms with Crippen molar-refractivity contribution in [2.24, 2.45) is 0 Å². The Balaban J connectivity index is 3.94. The molecule has 0 unspecified atom stereocenters. The first-order valence-electron chi connectivity index (χ1n) is 4.20. The third-order valence-electron chi connectivity index (χ3n) is 1.67. The van der Waals surface area contributed by atoms with Crippen LogP contribution in [0.5, 0.6) is 0 Å². The maximum atomic E-state index is 11.8. The molecule has 0 saturated carbocycles. The molecular formula is C6H11F3O5S2. The third-order valence-corrected chi connectivity index (χ3v) is 4.00. The van der Waals surface area contributed by atoms with E-state index in [1.54, 1.807) is 0 Å². The van der Waals surface area contributed by atoms with E-state index >= 15 is 0 Å². The van der Waals surface area contributed by atoms with Crippen LogP contribution < -0.4 is 0 Å². The van der Waals surface area contributed by atoms with Gasteiger partial charge in [0.15, 0.2) is 0 Å². The SMILES string of the molecule is O=S(=O)(O)CCCCCS(=O)(=O)C(F)(F)F. The second kappa shape index (κ2) is 5.32. The van der Waals surface area contributed by atoms with Gasteiger partial charge in [0.2, 0.25) is 9.84 Å². The van der Waals surface area contributed by atoms with Crippen LogP contribution in [-0.2, 0) is 20.0 Å². The number of halogens is 3. The summed E-state index contributed by atoms with van der Waals surface area (Å²) in [6, 6.07) is 0. The first-order valence-corrected chi connectivity index (χ1v) is 7.46. The third kappa shape index (κ3) is 6.28. The zero-order valence-corrected chi connectivity index (χ0v) is 9.70. The highest BCUT2D eigenvalue weighted by molar-refractivity contribution is 7.92. The second-order valence-electron chi connectivity index (χ2n) is 3.11. The molecule has 0 bridgehead atoms. The van der Waals surface area contributed by atoms with Gasteiger partial charge in [-0.3, -0.25) is 4.55 Å². The molecule has 0 fully saturated rings. The van der Waals surface area contributed by atoms with E-state index in [1.807, 2.05) is 0 Å². The number of unbranched alkanes of at least 4 members (excludes halogenated alkanes) is 2. The van der Waals surface area contributed by atoms with Gasteiger partial charge in [0.05, 0.1) is 11.5 Å². The zero-order valence-electron chi connectivity index (χ0n) is 8.07. The molecule has 0 saturated heterocycles. The van der Waals surface area contributed by atoms with Crippen LogP contribution >= 0.6 is 0 Å². The summed E-state index contributed by atoms with van der Waals surface area (Å²) in [5.74, 6) is -1.65. The Kier molecular flexibility index (Phi) is 5.20. The fourth-order valence-electron chi connectivity index (χ4n) is 0.869. The number of rotatable bonds is 6. The molecule has 1 N–H and O–H groups in total. The van der Waals surface area contributed by atoms with E-state index in [1.165, 1.54) is 0 Å². The smallest absolute Gasteiger partial charge is 0.286 e. The van der Waals surface area contributed by atoms with Crippen molar-refractivity contribution in [3.05, 3.63) is 0 Å². The van der Waals surface area contributed by atoms with Crippen LogP contribution in [0.25, 0.3) is 0 Å². The summed E-state index contributed by atoms with van der Waals surface area (Å²) < 4.78 is 85.2. The summed E-state index contributed by atoms with van der Waals surface area (Å²) in [6.07, 6.45) is -0.390. The van der Waals surface area contributed by atoms with Crippen molar-refractivity contribution in [2.45, 2.75) is 24.8 Å². The van der Waals surface area contributed by atoms with Crippen molar-refractivity contribution >= 4 is 20.0 Å². The number of hydrogen-bond acceptors (Lipinski definition) is 4. The van der Waals surface area contributed by atoms with E-state index in [0.717, 1.165) is 0 Å². The molecule has 0 heterocycles. The van der Waals surface area contributed by atoms with Gasteiger partial charge in [-0.05, 0) is 12.8 Å². The lowest BCUT2D eigenvalue weighted by molar-refractivity contribution is -0.0435. The second-order valence-corrected chi connectivity index (χ2v) is 6.78. The van der Waals surface area contributed by atoms with Gasteiger partial charge < -0.3 is 0 Å². The molecule has 0 rings (SSSR count). The van der Waals surface area contributed by atoms with Crippen molar-refractivity contribution in [3.63, 3.8) is 0 Å². The summed E-state index contributed by atoms with van der Waals surface area (Å²) in [7, 11) is -9.27. The Hall–Kier alpha value is -0.350. The van der Waals surface area contributed by atoms with Gasteiger partial charge in [0.25, 0.3) is 10.1 Å². The largest absolute Gasteiger partial charge is 0.497 e. The summed E-state index contributed by atoms with van der Waals surface area (Å²) in [6.45, 7) is 0. The Morgan fingerprint density at radius 3 is 1.69 bits per heavy atom. The minimum Gasteiger partial charge on any atom is -0.286 e. The van der Waals surface area contributed by atoms with Crippen LogP contribution in [0.4, 0.5) is 13.2 Å². The van der Waals surface area contributed by atoms with Crippen LogP contribution in [0, 0.1) is 0 Å². The Morgan fingerprint density at radius 1 is 0.875 bits per heavy atom. The molecule has 16 heavy (non-hydrogen) atoms. The minimum atomic E-state index is -5.27. The maximum Gasteiger partial charge on any atom is 0.497 e. The van der Waals surface area contributed by atoms with Crippen molar-refractivity contribution < 1.29 is 34.6 Å². The lowest BCUT2D eigenvalue weighted by atomic mass is 10.3. The normalized spacial score (nSPS) is 14.0. The molecule has 0 aromatic heterocycles. The number of alkyl halides is 3. The van der Waals surface area contributed by atoms with Crippen molar-refractivity contribution in [2.75, 3.05) is 11.5 Å². The molecule has 98 valence electrons. The predicted molar refractivity (Wildman–Crippen MR) is 50.1 cm³/mol. The number of sulfone groups is 1. The van der Waals surface area contributed by atoms with Gasteiger partial charge in [0.1, 0.15) is 0 Å². The van der Waals surface area contributed by atoms with Gasteiger partial charge >= 0.3 is 5.51 Å². The summed E-state index contributed by atoms with van der Waals surface area (Å²) in [4.78, 5) is 0. The molecule has 0 amide bonds. The van der Waals surface area contributed by atoms with E-state index in [9.17, 15) is 30.0 Å². The average molecular weight is 284 g/mol. The average Bonchev–Trinajstić information content (AvgIpc) is 1.98. The molecule has 0 aliphatic carbocycles. The minimum absolute atomic E-state index is 0.0187. The summed E-state index contributed by atoms with van der Waals surface area (Å²) in [5.41, 5.74) is -5.27. The predicted octanol–water partition coefficient (Wildman–Crippen LogP) is 0.979. The van der Waals surface area contributed by atoms with Crippen LogP contribution in [0.15, 0.2) is 0 Å². The van der Waals surface area contributed by atoms with E-state index in [-0.39, 0.29) is 19.3 Å². The summed E-state index contributed by atoms with van der Waals surface area (Å²) >= 11 is 0. The van der Waals surface area contributed by atoms with Gasteiger partial charge in [-0.1, -0.05) is 6.42 Å². The molecule has 5 nitrogen and oxygen atoms in total. The van der Waals surface area contributed by atoms with Gasteiger partial charge in [-0.15, -0.1) is 0 Å². The topological polar surface area (TPSA) is 88.5 Å². The molecule has 0 atom stereocenters. The lowest BCUT2D eigenvalue weighted by Crippen LogP contribution is -2.26. The highest BCUT2D eigenvalue weighted by atomic mass is 32.2. The highest BCUT2D eigenvalue weighted by Crippen LogP contribution is 2.24. The molecule has 10 heteroatoms. The first kappa shape index (κ1) is 15.7. The molecular weight excluding hydrogens is 273 g/mol. The Bertz CT molecular complexity index is 408. The maximum absolute atomic E-state index is 11.8. The first-order chi connectivity index (χ1) is 6.96. The van der Waals surface area contributed by atoms with E-state index in [2.05, 4.69) is 0 Å². The van der Waals surface area contributed by atoms with Crippen molar-refractivity contribution in [1.29, 1.82) is 0 Å². The Morgan fingerprint density at radius 2 is 1.31 bits per heavy atom. The zero-order chi connectivity index (χ0) is 13.0. The lowest BCUT2D eigenvalue weighted by Gasteiger charge is -2.07. The fraction of sp³-hybridized carbons (Fsp3) is 1.00. The molecule has 0 radical (unpaired) electrons. The van der Waals surface area contributed by atoms with Crippen LogP contribution in [0.2, 0.25) is 0 Å². The number of hydrogen-bond donors (Lipinski definition) is 1. The van der Waals surface area contributed by atoms with Crippen LogP contribution in [0.3, 0.4) is 0 Å². The molecule has 0 aromatic rings. The summed E-state index contributed by atoms with van der Waals surface area (Å²) in [5, 5.41) is 0. The van der Waals surface area contributed by atoms with Gasteiger partial charge in [-0.25, -0.2) is 8.42 Å². The van der Waals surface area contributed by atoms with E-state index < -0.39 is 37.0 Å². The van der Waals surface area contributed by atoms with E-state index in [0.29, 0.717) is 0 Å². The molecule has 0 aliphatic rings. The fourth-order valence-corrected chi connectivity index (χ4v) is 2.25. The van der Waals surface area contributed by atoms with Gasteiger partial charge in [-0.2, -0.15) is 21.6 Å².